The Labute approximate surface area is 137 Å². The monoisotopic (exact) mass is 309 g/mol. The quantitative estimate of drug-likeness (QED) is 0.793. The lowest BCUT2D eigenvalue weighted by Gasteiger charge is -2.15. The number of nitrogens with one attached hydrogen (secondary N) is 1. The van der Waals surface area contributed by atoms with E-state index in [1.54, 1.807) is 7.11 Å². The van der Waals surface area contributed by atoms with Gasteiger partial charge in [0.15, 0.2) is 0 Å². The van der Waals surface area contributed by atoms with Crippen molar-refractivity contribution in [2.75, 3.05) is 13.7 Å². The third-order valence-electron chi connectivity index (χ3n) is 4.41. The van der Waals surface area contributed by atoms with Crippen molar-refractivity contribution in [2.45, 2.75) is 25.7 Å². The molecule has 0 aliphatic heterocycles. The van der Waals surface area contributed by atoms with Crippen molar-refractivity contribution >= 4 is 16.7 Å². The zero-order chi connectivity index (χ0) is 16.2. The van der Waals surface area contributed by atoms with Crippen LogP contribution in [0.25, 0.3) is 10.8 Å². The molecule has 0 heterocycles. The van der Waals surface area contributed by atoms with Crippen LogP contribution >= 0.6 is 0 Å². The highest BCUT2D eigenvalue weighted by molar-refractivity contribution is 5.91. The molecule has 120 valence electrons. The van der Waals surface area contributed by atoms with Crippen molar-refractivity contribution in [1.29, 1.82) is 0 Å². The fourth-order valence-electron chi connectivity index (χ4n) is 3.07. The summed E-state index contributed by atoms with van der Waals surface area (Å²) >= 11 is 0. The summed E-state index contributed by atoms with van der Waals surface area (Å²) in [6.07, 6.45) is 5.59. The summed E-state index contributed by atoms with van der Waals surface area (Å²) in [6, 6.07) is 10.4. The summed E-state index contributed by atoms with van der Waals surface area (Å²) in [5.41, 5.74) is 2.42. The third-order valence-corrected chi connectivity index (χ3v) is 4.41. The van der Waals surface area contributed by atoms with Crippen LogP contribution in [0.3, 0.4) is 0 Å². The van der Waals surface area contributed by atoms with Gasteiger partial charge in [0.05, 0.1) is 7.11 Å². The zero-order valence-corrected chi connectivity index (χ0v) is 13.6. The van der Waals surface area contributed by atoms with Gasteiger partial charge in [-0.15, -0.1) is 6.58 Å². The second-order valence-corrected chi connectivity index (χ2v) is 6.07. The molecule has 0 bridgehead atoms. The van der Waals surface area contributed by atoms with Crippen LogP contribution < -0.4 is 10.1 Å². The van der Waals surface area contributed by atoms with E-state index < -0.39 is 0 Å². The first-order chi connectivity index (χ1) is 11.2. The molecule has 0 aromatic heterocycles. The average molecular weight is 309 g/mol. The Bertz CT molecular complexity index is 732. The molecule has 0 saturated heterocycles. The Balaban J connectivity index is 1.88. The largest absolute Gasteiger partial charge is 0.496 e. The first-order valence-electron chi connectivity index (χ1n) is 8.20. The summed E-state index contributed by atoms with van der Waals surface area (Å²) in [4.78, 5) is 11.8. The van der Waals surface area contributed by atoms with Gasteiger partial charge in [0.25, 0.3) is 0 Å². The normalized spacial score (nSPS) is 13.8. The van der Waals surface area contributed by atoms with Crippen molar-refractivity contribution in [3.8, 4) is 5.75 Å². The van der Waals surface area contributed by atoms with Gasteiger partial charge in [-0.3, -0.25) is 4.79 Å². The molecule has 1 aliphatic rings. The molecule has 3 rings (SSSR count). The van der Waals surface area contributed by atoms with E-state index in [-0.39, 0.29) is 11.8 Å². The molecule has 1 saturated carbocycles. The fraction of sp³-hybridized carbons (Fsp3) is 0.350. The van der Waals surface area contributed by atoms with Gasteiger partial charge in [0.2, 0.25) is 5.91 Å². The minimum atomic E-state index is 0.203. The van der Waals surface area contributed by atoms with Crippen LogP contribution in [-0.2, 0) is 17.6 Å². The first kappa shape index (κ1) is 15.6. The molecule has 2 aromatic carbocycles. The Morgan fingerprint density at radius 1 is 1.35 bits per heavy atom. The van der Waals surface area contributed by atoms with Crippen molar-refractivity contribution in [2.24, 2.45) is 5.92 Å². The lowest BCUT2D eigenvalue weighted by molar-refractivity contribution is -0.122. The van der Waals surface area contributed by atoms with Crippen LogP contribution in [0.15, 0.2) is 43.0 Å². The molecular weight excluding hydrogens is 286 g/mol. The number of carbonyl (C=O) groups is 1. The summed E-state index contributed by atoms with van der Waals surface area (Å²) in [5.74, 6) is 1.36. The van der Waals surface area contributed by atoms with Crippen molar-refractivity contribution in [3.05, 3.63) is 54.1 Å². The van der Waals surface area contributed by atoms with E-state index in [9.17, 15) is 4.79 Å². The maximum absolute atomic E-state index is 11.8. The minimum Gasteiger partial charge on any atom is -0.496 e. The number of rotatable bonds is 7. The van der Waals surface area contributed by atoms with E-state index in [2.05, 4.69) is 36.2 Å². The zero-order valence-electron chi connectivity index (χ0n) is 13.6. The second kappa shape index (κ2) is 6.86. The first-order valence-corrected chi connectivity index (χ1v) is 8.20. The summed E-state index contributed by atoms with van der Waals surface area (Å²) in [7, 11) is 1.70. The van der Waals surface area contributed by atoms with Gasteiger partial charge < -0.3 is 10.1 Å². The maximum atomic E-state index is 11.8. The van der Waals surface area contributed by atoms with Gasteiger partial charge in [0, 0.05) is 18.0 Å². The van der Waals surface area contributed by atoms with Gasteiger partial charge in [-0.25, -0.2) is 0 Å². The van der Waals surface area contributed by atoms with Crippen molar-refractivity contribution in [1.82, 2.24) is 5.32 Å². The Morgan fingerprint density at radius 2 is 2.17 bits per heavy atom. The van der Waals surface area contributed by atoms with Gasteiger partial charge in [-0.1, -0.05) is 30.3 Å². The highest BCUT2D eigenvalue weighted by Gasteiger charge is 2.29. The van der Waals surface area contributed by atoms with Gasteiger partial charge in [-0.2, -0.15) is 0 Å². The smallest absolute Gasteiger partial charge is 0.223 e. The van der Waals surface area contributed by atoms with Crippen LogP contribution in [0.2, 0.25) is 0 Å². The number of methoxy groups -OCH3 is 1. The highest BCUT2D eigenvalue weighted by Crippen LogP contribution is 2.32. The molecule has 3 nitrogen and oxygen atoms in total. The van der Waals surface area contributed by atoms with E-state index >= 15 is 0 Å². The maximum Gasteiger partial charge on any atom is 0.223 e. The number of fused-ring (bicyclic) bond motifs is 1. The Kier molecular flexibility index (Phi) is 4.65. The molecule has 1 aliphatic carbocycles. The molecule has 0 spiro atoms. The number of carbonyl (C=O) groups excluding carboxylic acids is 1. The number of hydrogen-bond donors (Lipinski definition) is 1. The lowest BCUT2D eigenvalue weighted by atomic mass is 9.95. The van der Waals surface area contributed by atoms with Gasteiger partial charge >= 0.3 is 0 Å². The predicted molar refractivity (Wildman–Crippen MR) is 93.8 cm³/mol. The van der Waals surface area contributed by atoms with E-state index in [0.717, 1.165) is 31.4 Å². The topological polar surface area (TPSA) is 38.3 Å². The summed E-state index contributed by atoms with van der Waals surface area (Å²) < 4.78 is 5.53. The Morgan fingerprint density at radius 3 is 2.87 bits per heavy atom. The third kappa shape index (κ3) is 3.39. The molecule has 23 heavy (non-hydrogen) atoms. The average Bonchev–Trinajstić information content (AvgIpc) is 3.40. The van der Waals surface area contributed by atoms with Crippen LogP contribution in [-0.4, -0.2) is 19.6 Å². The number of ether oxygens (including phenoxy) is 1. The van der Waals surface area contributed by atoms with Crippen LogP contribution in [0.4, 0.5) is 0 Å². The van der Waals surface area contributed by atoms with Crippen LogP contribution in [0.1, 0.15) is 24.0 Å². The molecule has 2 aromatic rings. The molecule has 0 unspecified atom stereocenters. The summed E-state index contributed by atoms with van der Waals surface area (Å²) in [6.45, 7) is 4.55. The second-order valence-electron chi connectivity index (χ2n) is 6.07. The molecule has 0 radical (unpaired) electrons. The number of allylic oxidation sites excluding steroid dienone is 1. The standard InChI is InChI=1S/C20H23NO2/c1-3-5-17-18(23-2)11-10-14-6-4-7-15(19(14)17)12-13-21-20(22)16-8-9-16/h3-4,6-7,10-11,16H,1,5,8-9,12-13H2,2H3,(H,21,22). The van der Waals surface area contributed by atoms with Crippen LogP contribution in [0.5, 0.6) is 5.75 Å². The SMILES string of the molecule is C=CCc1c(OC)ccc2cccc(CCNC(=O)C3CC3)c12. The van der Waals surface area contributed by atoms with Crippen LogP contribution in [0, 0.1) is 5.92 Å². The molecule has 3 heteroatoms. The minimum absolute atomic E-state index is 0.203. The predicted octanol–water partition coefficient (Wildman–Crippen LogP) is 3.65. The summed E-state index contributed by atoms with van der Waals surface area (Å²) in [5, 5.41) is 5.48. The van der Waals surface area contributed by atoms with E-state index in [1.807, 2.05) is 12.1 Å². The van der Waals surface area contributed by atoms with Gasteiger partial charge in [-0.05, 0) is 48.1 Å². The molecule has 1 fully saturated rings. The fourth-order valence-corrected chi connectivity index (χ4v) is 3.07. The van der Waals surface area contributed by atoms with Crippen molar-refractivity contribution in [3.63, 3.8) is 0 Å². The Hall–Kier alpha value is -2.29. The van der Waals surface area contributed by atoms with E-state index in [1.165, 1.54) is 21.9 Å². The lowest BCUT2D eigenvalue weighted by Crippen LogP contribution is -2.27. The molecule has 0 atom stereocenters. The number of amides is 1. The molecule has 1 amide bonds. The number of benzene rings is 2. The molecule has 1 N–H and O–H groups in total. The highest BCUT2D eigenvalue weighted by atomic mass is 16.5. The van der Waals surface area contributed by atoms with E-state index in [4.69, 9.17) is 4.74 Å². The van der Waals surface area contributed by atoms with Gasteiger partial charge in [0.1, 0.15) is 5.75 Å². The van der Waals surface area contributed by atoms with E-state index in [0.29, 0.717) is 6.54 Å². The number of hydrogen-bond acceptors (Lipinski definition) is 2. The van der Waals surface area contributed by atoms with Crippen molar-refractivity contribution < 1.29 is 9.53 Å². The molecular formula is C20H23NO2.